The van der Waals surface area contributed by atoms with E-state index in [-0.39, 0.29) is 0 Å². The molecule has 2 unspecified atom stereocenters. The minimum atomic E-state index is 0.730. The molecule has 2 atom stereocenters. The summed E-state index contributed by atoms with van der Waals surface area (Å²) in [5.74, 6) is 1.69. The summed E-state index contributed by atoms with van der Waals surface area (Å²) in [5.41, 5.74) is 0. The number of hydrogen-bond donors (Lipinski definition) is 1. The summed E-state index contributed by atoms with van der Waals surface area (Å²) < 4.78 is 0. The molecule has 0 heterocycles. The summed E-state index contributed by atoms with van der Waals surface area (Å²) in [5, 5.41) is 3.46. The minimum Gasteiger partial charge on any atom is -0.317 e. The largest absolute Gasteiger partial charge is 0.317 e. The van der Waals surface area contributed by atoms with Gasteiger partial charge in [0, 0.05) is 6.04 Å². The lowest BCUT2D eigenvalue weighted by Gasteiger charge is -2.23. The predicted octanol–water partition coefficient (Wildman–Crippen LogP) is 3.84. The highest BCUT2D eigenvalue weighted by Crippen LogP contribution is 2.17. The first-order valence-corrected chi connectivity index (χ1v) is 6.29. The molecule has 0 spiro atoms. The van der Waals surface area contributed by atoms with Crippen molar-refractivity contribution in [3.05, 3.63) is 0 Å². The van der Waals surface area contributed by atoms with Crippen LogP contribution in [-0.4, -0.2) is 13.1 Å². The lowest BCUT2D eigenvalue weighted by atomic mass is 9.92. The molecule has 0 saturated carbocycles. The van der Waals surface area contributed by atoms with Crippen molar-refractivity contribution in [2.45, 2.75) is 65.8 Å². The maximum atomic E-state index is 3.46. The van der Waals surface area contributed by atoms with E-state index in [1.807, 2.05) is 0 Å². The second-order valence-corrected chi connectivity index (χ2v) is 4.99. The maximum absolute atomic E-state index is 3.46. The Morgan fingerprint density at radius 2 is 1.64 bits per heavy atom. The molecule has 0 amide bonds. The van der Waals surface area contributed by atoms with Crippen LogP contribution in [0.5, 0.6) is 0 Å². The number of hydrogen-bond acceptors (Lipinski definition) is 1. The lowest BCUT2D eigenvalue weighted by Crippen LogP contribution is -2.32. The van der Waals surface area contributed by atoms with Gasteiger partial charge in [0.25, 0.3) is 0 Å². The SMILES string of the molecule is CCCC(C)C(CCCC(C)C)NC. The van der Waals surface area contributed by atoms with Crippen molar-refractivity contribution in [1.29, 1.82) is 0 Å². The van der Waals surface area contributed by atoms with Gasteiger partial charge >= 0.3 is 0 Å². The first-order chi connectivity index (χ1) is 6.61. The van der Waals surface area contributed by atoms with Gasteiger partial charge in [-0.25, -0.2) is 0 Å². The van der Waals surface area contributed by atoms with Crippen LogP contribution in [0.4, 0.5) is 0 Å². The molecule has 0 aromatic heterocycles. The minimum absolute atomic E-state index is 0.730. The van der Waals surface area contributed by atoms with Crippen LogP contribution in [0.25, 0.3) is 0 Å². The van der Waals surface area contributed by atoms with Gasteiger partial charge in [-0.3, -0.25) is 0 Å². The third-order valence-corrected chi connectivity index (χ3v) is 3.10. The molecule has 86 valence electrons. The summed E-state index contributed by atoms with van der Waals surface area (Å²) in [7, 11) is 2.10. The molecule has 1 N–H and O–H groups in total. The van der Waals surface area contributed by atoms with E-state index in [9.17, 15) is 0 Å². The molecular weight excluding hydrogens is 170 g/mol. The molecule has 1 heteroatoms. The molecule has 0 aliphatic rings. The van der Waals surface area contributed by atoms with Crippen molar-refractivity contribution in [3.8, 4) is 0 Å². The zero-order valence-electron chi connectivity index (χ0n) is 10.8. The van der Waals surface area contributed by atoms with Gasteiger partial charge in [0.1, 0.15) is 0 Å². The Kier molecular flexibility index (Phi) is 8.26. The van der Waals surface area contributed by atoms with Crippen LogP contribution in [0.3, 0.4) is 0 Å². The average Bonchev–Trinajstić information content (AvgIpc) is 2.12. The van der Waals surface area contributed by atoms with E-state index in [1.165, 1.54) is 32.1 Å². The van der Waals surface area contributed by atoms with Crippen molar-refractivity contribution in [2.24, 2.45) is 11.8 Å². The number of nitrogens with one attached hydrogen (secondary N) is 1. The summed E-state index contributed by atoms with van der Waals surface area (Å²) in [4.78, 5) is 0. The Morgan fingerprint density at radius 3 is 2.07 bits per heavy atom. The second kappa shape index (κ2) is 8.28. The third kappa shape index (κ3) is 6.42. The fourth-order valence-corrected chi connectivity index (χ4v) is 2.12. The van der Waals surface area contributed by atoms with E-state index in [0.717, 1.165) is 17.9 Å². The van der Waals surface area contributed by atoms with Crippen LogP contribution >= 0.6 is 0 Å². The quantitative estimate of drug-likeness (QED) is 0.626. The smallest absolute Gasteiger partial charge is 0.00896 e. The molecule has 14 heavy (non-hydrogen) atoms. The van der Waals surface area contributed by atoms with Gasteiger partial charge < -0.3 is 5.32 Å². The van der Waals surface area contributed by atoms with E-state index in [4.69, 9.17) is 0 Å². The molecule has 0 bridgehead atoms. The van der Waals surface area contributed by atoms with Crippen LogP contribution in [-0.2, 0) is 0 Å². The van der Waals surface area contributed by atoms with Crippen molar-refractivity contribution in [1.82, 2.24) is 5.32 Å². The Hall–Kier alpha value is -0.0400. The van der Waals surface area contributed by atoms with Gasteiger partial charge in [0.15, 0.2) is 0 Å². The summed E-state index contributed by atoms with van der Waals surface area (Å²) in [6.45, 7) is 9.27. The van der Waals surface area contributed by atoms with Crippen molar-refractivity contribution in [3.63, 3.8) is 0 Å². The third-order valence-electron chi connectivity index (χ3n) is 3.10. The first-order valence-electron chi connectivity index (χ1n) is 6.29. The molecular formula is C13H29N. The molecule has 0 radical (unpaired) electrons. The highest BCUT2D eigenvalue weighted by atomic mass is 14.9. The number of rotatable bonds is 8. The first kappa shape index (κ1) is 14.0. The molecule has 0 aliphatic heterocycles. The average molecular weight is 199 g/mol. The van der Waals surface area contributed by atoms with Gasteiger partial charge in [0.2, 0.25) is 0 Å². The Morgan fingerprint density at radius 1 is 1.00 bits per heavy atom. The summed E-state index contributed by atoms with van der Waals surface area (Å²) >= 11 is 0. The van der Waals surface area contributed by atoms with E-state index < -0.39 is 0 Å². The standard InChI is InChI=1S/C13H29N/c1-6-8-12(4)13(14-5)10-7-9-11(2)3/h11-14H,6-10H2,1-5H3. The van der Waals surface area contributed by atoms with Gasteiger partial charge in [-0.05, 0) is 31.7 Å². The van der Waals surface area contributed by atoms with Gasteiger partial charge in [-0.1, -0.05) is 47.0 Å². The highest BCUT2D eigenvalue weighted by molar-refractivity contribution is 4.71. The fraction of sp³-hybridized carbons (Fsp3) is 1.00. The molecule has 0 rings (SSSR count). The maximum Gasteiger partial charge on any atom is 0.00896 e. The summed E-state index contributed by atoms with van der Waals surface area (Å²) in [6, 6.07) is 0.730. The lowest BCUT2D eigenvalue weighted by molar-refractivity contribution is 0.339. The van der Waals surface area contributed by atoms with E-state index in [1.54, 1.807) is 0 Å². The zero-order valence-corrected chi connectivity index (χ0v) is 10.8. The van der Waals surface area contributed by atoms with Gasteiger partial charge in [-0.2, -0.15) is 0 Å². The van der Waals surface area contributed by atoms with Gasteiger partial charge in [-0.15, -0.1) is 0 Å². The van der Waals surface area contributed by atoms with Crippen molar-refractivity contribution >= 4 is 0 Å². The van der Waals surface area contributed by atoms with Crippen LogP contribution in [0, 0.1) is 11.8 Å². The predicted molar refractivity (Wildman–Crippen MR) is 65.6 cm³/mol. The molecule has 0 saturated heterocycles. The normalized spacial score (nSPS) is 15.9. The molecule has 0 aliphatic carbocycles. The molecule has 0 aromatic rings. The van der Waals surface area contributed by atoms with E-state index in [0.29, 0.717) is 0 Å². The topological polar surface area (TPSA) is 12.0 Å². The van der Waals surface area contributed by atoms with Crippen LogP contribution in [0.15, 0.2) is 0 Å². The van der Waals surface area contributed by atoms with E-state index >= 15 is 0 Å². The van der Waals surface area contributed by atoms with Crippen LogP contribution in [0.1, 0.15) is 59.8 Å². The van der Waals surface area contributed by atoms with Crippen molar-refractivity contribution < 1.29 is 0 Å². The molecule has 0 fully saturated rings. The summed E-state index contributed by atoms with van der Waals surface area (Å²) in [6.07, 6.45) is 6.75. The Balaban J connectivity index is 3.66. The Labute approximate surface area is 90.7 Å². The second-order valence-electron chi connectivity index (χ2n) is 4.99. The van der Waals surface area contributed by atoms with Crippen molar-refractivity contribution in [2.75, 3.05) is 7.05 Å². The fourth-order valence-electron chi connectivity index (χ4n) is 2.12. The van der Waals surface area contributed by atoms with Crippen LogP contribution in [0.2, 0.25) is 0 Å². The molecule has 1 nitrogen and oxygen atoms in total. The van der Waals surface area contributed by atoms with Gasteiger partial charge in [0.05, 0.1) is 0 Å². The molecule has 0 aromatic carbocycles. The zero-order chi connectivity index (χ0) is 11.0. The highest BCUT2D eigenvalue weighted by Gasteiger charge is 2.13. The van der Waals surface area contributed by atoms with E-state index in [2.05, 4.69) is 40.1 Å². The monoisotopic (exact) mass is 199 g/mol. The van der Waals surface area contributed by atoms with Crippen LogP contribution < -0.4 is 5.32 Å². The Bertz CT molecular complexity index is 120.